The van der Waals surface area contributed by atoms with E-state index < -0.39 is 5.54 Å². The summed E-state index contributed by atoms with van der Waals surface area (Å²) in [4.78, 5) is 0. The van der Waals surface area contributed by atoms with Gasteiger partial charge in [0.2, 0.25) is 0 Å². The average molecular weight is 288 g/mol. The van der Waals surface area contributed by atoms with Crippen molar-refractivity contribution in [3.63, 3.8) is 0 Å². The minimum atomic E-state index is -0.445. The van der Waals surface area contributed by atoms with Crippen molar-refractivity contribution in [3.8, 4) is 11.8 Å². The number of ether oxygens (including phenoxy) is 1. The maximum atomic E-state index is 13.3. The quantitative estimate of drug-likeness (QED) is 0.922. The van der Waals surface area contributed by atoms with Crippen molar-refractivity contribution < 1.29 is 9.13 Å². The van der Waals surface area contributed by atoms with Crippen LogP contribution in [0.1, 0.15) is 44.1 Å². The highest BCUT2D eigenvalue weighted by Gasteiger charge is 2.41. The molecule has 21 heavy (non-hydrogen) atoms. The standard InChI is InChI=1S/C17H21FN2O/c1-12-9-14(6-7-16(12)18)21-15-3-2-8-17(10-15,11-19)20-13-4-5-13/h6-7,9,13,15,20H,2-5,8,10H2,1H3. The summed E-state index contributed by atoms with van der Waals surface area (Å²) < 4.78 is 19.3. The number of hydrogen-bond donors (Lipinski definition) is 1. The Morgan fingerprint density at radius 3 is 2.86 bits per heavy atom. The highest BCUT2D eigenvalue weighted by Crippen LogP contribution is 2.34. The molecule has 2 fully saturated rings. The van der Waals surface area contributed by atoms with Crippen molar-refractivity contribution >= 4 is 0 Å². The van der Waals surface area contributed by atoms with Crippen LogP contribution in [0.3, 0.4) is 0 Å². The van der Waals surface area contributed by atoms with Crippen molar-refractivity contribution in [1.82, 2.24) is 5.32 Å². The van der Waals surface area contributed by atoms with Gasteiger partial charge in [0.1, 0.15) is 23.2 Å². The van der Waals surface area contributed by atoms with Gasteiger partial charge in [0.15, 0.2) is 0 Å². The third kappa shape index (κ3) is 3.36. The number of benzene rings is 1. The highest BCUT2D eigenvalue weighted by atomic mass is 19.1. The van der Waals surface area contributed by atoms with Crippen LogP contribution in [0.25, 0.3) is 0 Å². The molecule has 3 nitrogen and oxygen atoms in total. The van der Waals surface area contributed by atoms with E-state index in [4.69, 9.17) is 4.74 Å². The Bertz CT molecular complexity index is 564. The second-order valence-electron chi connectivity index (χ2n) is 6.36. The van der Waals surface area contributed by atoms with Crippen molar-refractivity contribution in [2.24, 2.45) is 0 Å². The van der Waals surface area contributed by atoms with E-state index in [1.165, 1.54) is 18.9 Å². The molecule has 2 aliphatic carbocycles. The second kappa shape index (κ2) is 5.65. The van der Waals surface area contributed by atoms with E-state index in [1.54, 1.807) is 19.1 Å². The van der Waals surface area contributed by atoms with Crippen LogP contribution in [0, 0.1) is 24.1 Å². The molecule has 2 saturated carbocycles. The third-order valence-electron chi connectivity index (χ3n) is 4.41. The molecule has 0 aromatic heterocycles. The molecule has 112 valence electrons. The van der Waals surface area contributed by atoms with Gasteiger partial charge in [0.05, 0.1) is 6.07 Å². The molecule has 1 N–H and O–H groups in total. The zero-order chi connectivity index (χ0) is 14.9. The van der Waals surface area contributed by atoms with E-state index in [0.717, 1.165) is 19.3 Å². The van der Waals surface area contributed by atoms with Crippen LogP contribution in [0.5, 0.6) is 5.75 Å². The van der Waals surface area contributed by atoms with Crippen LogP contribution in [0.15, 0.2) is 18.2 Å². The van der Waals surface area contributed by atoms with Crippen LogP contribution in [-0.4, -0.2) is 17.7 Å². The van der Waals surface area contributed by atoms with Crippen molar-refractivity contribution in [3.05, 3.63) is 29.6 Å². The number of aryl methyl sites for hydroxylation is 1. The van der Waals surface area contributed by atoms with Crippen LogP contribution in [0.4, 0.5) is 4.39 Å². The minimum absolute atomic E-state index is 0.0227. The van der Waals surface area contributed by atoms with Gasteiger partial charge in [0.25, 0.3) is 0 Å². The van der Waals surface area contributed by atoms with E-state index in [1.807, 2.05) is 0 Å². The summed E-state index contributed by atoms with van der Waals surface area (Å²) in [5.74, 6) is 0.479. The first-order valence-electron chi connectivity index (χ1n) is 7.72. The molecular weight excluding hydrogens is 267 g/mol. The van der Waals surface area contributed by atoms with E-state index in [0.29, 0.717) is 23.8 Å². The van der Waals surface area contributed by atoms with Gasteiger partial charge in [-0.25, -0.2) is 4.39 Å². The number of nitrogens with one attached hydrogen (secondary N) is 1. The van der Waals surface area contributed by atoms with Crippen LogP contribution >= 0.6 is 0 Å². The predicted octanol–water partition coefficient (Wildman–Crippen LogP) is 3.47. The summed E-state index contributed by atoms with van der Waals surface area (Å²) in [5, 5.41) is 13.1. The topological polar surface area (TPSA) is 45.0 Å². The lowest BCUT2D eigenvalue weighted by Gasteiger charge is -2.36. The van der Waals surface area contributed by atoms with Crippen LogP contribution < -0.4 is 10.1 Å². The SMILES string of the molecule is Cc1cc(OC2CCCC(C#N)(NC3CC3)C2)ccc1F. The van der Waals surface area contributed by atoms with E-state index >= 15 is 0 Å². The zero-order valence-corrected chi connectivity index (χ0v) is 12.4. The van der Waals surface area contributed by atoms with E-state index in [-0.39, 0.29) is 11.9 Å². The Balaban J connectivity index is 1.67. The molecule has 2 unspecified atom stereocenters. The Morgan fingerprint density at radius 2 is 2.19 bits per heavy atom. The average Bonchev–Trinajstić information content (AvgIpc) is 3.27. The molecule has 0 aliphatic heterocycles. The Kier molecular flexibility index (Phi) is 3.86. The molecule has 0 radical (unpaired) electrons. The lowest BCUT2D eigenvalue weighted by molar-refractivity contribution is 0.111. The summed E-state index contributed by atoms with van der Waals surface area (Å²) in [6, 6.07) is 7.82. The maximum Gasteiger partial charge on any atom is 0.126 e. The Labute approximate surface area is 125 Å². The van der Waals surface area contributed by atoms with Gasteiger partial charge in [-0.05, 0) is 62.8 Å². The first kappa shape index (κ1) is 14.3. The van der Waals surface area contributed by atoms with Crippen LogP contribution in [0.2, 0.25) is 0 Å². The maximum absolute atomic E-state index is 13.3. The van der Waals surface area contributed by atoms with Gasteiger partial charge in [0, 0.05) is 12.5 Å². The lowest BCUT2D eigenvalue weighted by Crippen LogP contribution is -2.50. The lowest BCUT2D eigenvalue weighted by atomic mass is 9.81. The molecule has 0 heterocycles. The Hall–Kier alpha value is -1.60. The van der Waals surface area contributed by atoms with E-state index in [2.05, 4.69) is 11.4 Å². The predicted molar refractivity (Wildman–Crippen MR) is 78.5 cm³/mol. The molecule has 0 spiro atoms. The number of rotatable bonds is 4. The molecule has 3 rings (SSSR count). The fourth-order valence-electron chi connectivity index (χ4n) is 3.09. The van der Waals surface area contributed by atoms with Gasteiger partial charge in [-0.1, -0.05) is 0 Å². The van der Waals surface area contributed by atoms with Crippen LogP contribution in [-0.2, 0) is 0 Å². The second-order valence-corrected chi connectivity index (χ2v) is 6.36. The minimum Gasteiger partial charge on any atom is -0.490 e. The Morgan fingerprint density at radius 1 is 1.38 bits per heavy atom. The van der Waals surface area contributed by atoms with Crippen molar-refractivity contribution in [2.45, 2.75) is 63.1 Å². The van der Waals surface area contributed by atoms with Crippen molar-refractivity contribution in [2.75, 3.05) is 0 Å². The number of halogens is 1. The smallest absolute Gasteiger partial charge is 0.126 e. The molecule has 1 aromatic carbocycles. The number of hydrogen-bond acceptors (Lipinski definition) is 3. The monoisotopic (exact) mass is 288 g/mol. The molecule has 4 heteroatoms. The van der Waals surface area contributed by atoms with Gasteiger partial charge in [-0.3, -0.25) is 5.32 Å². The van der Waals surface area contributed by atoms with E-state index in [9.17, 15) is 9.65 Å². The molecule has 2 aliphatic rings. The molecule has 1 aromatic rings. The zero-order valence-electron chi connectivity index (χ0n) is 12.4. The molecule has 0 bridgehead atoms. The fourth-order valence-corrected chi connectivity index (χ4v) is 3.09. The summed E-state index contributed by atoms with van der Waals surface area (Å²) in [6.07, 6.45) is 5.90. The first-order chi connectivity index (χ1) is 10.1. The first-order valence-corrected chi connectivity index (χ1v) is 7.72. The van der Waals surface area contributed by atoms with Crippen molar-refractivity contribution in [1.29, 1.82) is 5.26 Å². The number of nitriles is 1. The summed E-state index contributed by atoms with van der Waals surface area (Å²) in [5.41, 5.74) is 0.144. The fraction of sp³-hybridized carbons (Fsp3) is 0.588. The van der Waals surface area contributed by atoms with Gasteiger partial charge >= 0.3 is 0 Å². The van der Waals surface area contributed by atoms with Gasteiger partial charge in [-0.2, -0.15) is 5.26 Å². The van der Waals surface area contributed by atoms with Gasteiger partial charge < -0.3 is 4.74 Å². The largest absolute Gasteiger partial charge is 0.490 e. The normalized spacial score (nSPS) is 28.9. The highest BCUT2D eigenvalue weighted by molar-refractivity contribution is 5.29. The molecular formula is C17H21FN2O. The number of nitrogens with zero attached hydrogens (tertiary/aromatic N) is 1. The summed E-state index contributed by atoms with van der Waals surface area (Å²) in [6.45, 7) is 1.73. The molecule has 2 atom stereocenters. The summed E-state index contributed by atoms with van der Waals surface area (Å²) >= 11 is 0. The molecule has 0 saturated heterocycles. The molecule has 0 amide bonds. The third-order valence-corrected chi connectivity index (χ3v) is 4.41. The van der Waals surface area contributed by atoms with Gasteiger partial charge in [-0.15, -0.1) is 0 Å². The summed E-state index contributed by atoms with van der Waals surface area (Å²) in [7, 11) is 0.